The third-order valence-electron chi connectivity index (χ3n) is 5.22. The summed E-state index contributed by atoms with van der Waals surface area (Å²) in [7, 11) is 1.82. The number of nitrogens with one attached hydrogen (secondary N) is 2. The van der Waals surface area contributed by atoms with Gasteiger partial charge in [-0.1, -0.05) is 6.42 Å². The molecule has 164 valence electrons. The monoisotopic (exact) mass is 509 g/mol. The zero-order valence-electron chi connectivity index (χ0n) is 18.1. The summed E-state index contributed by atoms with van der Waals surface area (Å²) in [6.07, 6.45) is 5.84. The minimum Gasteiger partial charge on any atom is -0.444 e. The van der Waals surface area contributed by atoms with Gasteiger partial charge in [0.2, 0.25) is 0 Å². The SMILES string of the molecule is CN=C(NCCN1CCCCC1)NCC1CCN(C(=O)OC(C)(C)C)CC1.I. The van der Waals surface area contributed by atoms with Gasteiger partial charge < -0.3 is 25.2 Å². The Morgan fingerprint density at radius 3 is 2.29 bits per heavy atom. The normalized spacial score (nSPS) is 19.7. The van der Waals surface area contributed by atoms with Gasteiger partial charge in [-0.15, -0.1) is 24.0 Å². The number of nitrogens with zero attached hydrogens (tertiary/aromatic N) is 3. The lowest BCUT2D eigenvalue weighted by Gasteiger charge is -2.33. The first-order chi connectivity index (χ1) is 12.9. The highest BCUT2D eigenvalue weighted by Gasteiger charge is 2.26. The molecule has 2 saturated heterocycles. The van der Waals surface area contributed by atoms with E-state index in [-0.39, 0.29) is 30.1 Å². The molecule has 0 aromatic rings. The largest absolute Gasteiger partial charge is 0.444 e. The van der Waals surface area contributed by atoms with Crippen LogP contribution in [-0.4, -0.2) is 80.3 Å². The molecule has 2 heterocycles. The highest BCUT2D eigenvalue weighted by Crippen LogP contribution is 2.19. The Labute approximate surface area is 188 Å². The number of amides is 1. The summed E-state index contributed by atoms with van der Waals surface area (Å²) >= 11 is 0. The molecular formula is C20H40IN5O2. The number of carbonyl (C=O) groups is 1. The van der Waals surface area contributed by atoms with Crippen molar-refractivity contribution in [2.24, 2.45) is 10.9 Å². The Morgan fingerprint density at radius 1 is 1.07 bits per heavy atom. The van der Waals surface area contributed by atoms with Crippen molar-refractivity contribution in [3.05, 3.63) is 0 Å². The molecule has 0 spiro atoms. The zero-order valence-corrected chi connectivity index (χ0v) is 20.5. The fourth-order valence-corrected chi connectivity index (χ4v) is 3.62. The van der Waals surface area contributed by atoms with E-state index in [0.29, 0.717) is 5.92 Å². The summed E-state index contributed by atoms with van der Waals surface area (Å²) in [5.74, 6) is 1.44. The van der Waals surface area contributed by atoms with Crippen LogP contribution in [0, 0.1) is 5.92 Å². The van der Waals surface area contributed by atoms with Crippen molar-refractivity contribution in [3.63, 3.8) is 0 Å². The van der Waals surface area contributed by atoms with Gasteiger partial charge in [0, 0.05) is 39.8 Å². The number of piperidine rings is 2. The quantitative estimate of drug-likeness (QED) is 0.339. The summed E-state index contributed by atoms with van der Waals surface area (Å²) in [6.45, 7) is 12.6. The molecular weight excluding hydrogens is 469 g/mol. The van der Waals surface area contributed by atoms with E-state index in [1.54, 1.807) is 0 Å². The van der Waals surface area contributed by atoms with Gasteiger partial charge in [0.05, 0.1) is 0 Å². The third kappa shape index (κ3) is 9.62. The van der Waals surface area contributed by atoms with Gasteiger partial charge in [-0.25, -0.2) is 4.79 Å². The number of likely N-dealkylation sites (tertiary alicyclic amines) is 2. The molecule has 2 rings (SSSR count). The maximum atomic E-state index is 12.1. The van der Waals surface area contributed by atoms with E-state index in [1.807, 2.05) is 32.7 Å². The molecule has 7 nitrogen and oxygen atoms in total. The standard InChI is InChI=1S/C20H39N5O2.HI/c1-20(2,3)27-19(26)25-13-8-17(9-14-25)16-23-18(21-4)22-10-15-24-11-6-5-7-12-24;/h17H,5-16H2,1-4H3,(H2,21,22,23);1H. The maximum absolute atomic E-state index is 12.1. The smallest absolute Gasteiger partial charge is 0.410 e. The van der Waals surface area contributed by atoms with Crippen LogP contribution in [0.3, 0.4) is 0 Å². The van der Waals surface area contributed by atoms with Gasteiger partial charge in [-0.05, 0) is 65.5 Å². The average molecular weight is 509 g/mol. The summed E-state index contributed by atoms with van der Waals surface area (Å²) in [5, 5.41) is 6.87. The molecule has 0 aliphatic carbocycles. The Balaban J connectivity index is 0.00000392. The zero-order chi connectivity index (χ0) is 19.7. The molecule has 0 unspecified atom stereocenters. The van der Waals surface area contributed by atoms with E-state index in [2.05, 4.69) is 20.5 Å². The minimum atomic E-state index is -0.429. The first-order valence-electron chi connectivity index (χ1n) is 10.5. The Morgan fingerprint density at radius 2 is 1.71 bits per heavy atom. The van der Waals surface area contributed by atoms with Crippen LogP contribution in [0.25, 0.3) is 0 Å². The number of hydrogen-bond acceptors (Lipinski definition) is 4. The van der Waals surface area contributed by atoms with Gasteiger partial charge >= 0.3 is 6.09 Å². The van der Waals surface area contributed by atoms with E-state index in [0.717, 1.165) is 51.5 Å². The van der Waals surface area contributed by atoms with Crippen molar-refractivity contribution in [1.82, 2.24) is 20.4 Å². The molecule has 0 aromatic heterocycles. The lowest BCUT2D eigenvalue weighted by molar-refractivity contribution is 0.0185. The number of hydrogen-bond donors (Lipinski definition) is 2. The average Bonchev–Trinajstić information content (AvgIpc) is 2.64. The van der Waals surface area contributed by atoms with Gasteiger partial charge in [0.25, 0.3) is 0 Å². The van der Waals surface area contributed by atoms with Gasteiger partial charge in [0.1, 0.15) is 5.60 Å². The van der Waals surface area contributed by atoms with Crippen LogP contribution in [0.4, 0.5) is 4.79 Å². The summed E-state index contributed by atoms with van der Waals surface area (Å²) in [4.78, 5) is 20.8. The Bertz CT molecular complexity index is 481. The van der Waals surface area contributed by atoms with Crippen molar-refractivity contribution in [1.29, 1.82) is 0 Å². The summed E-state index contributed by atoms with van der Waals surface area (Å²) in [6, 6.07) is 0. The molecule has 2 fully saturated rings. The second-order valence-electron chi connectivity index (χ2n) is 8.69. The van der Waals surface area contributed by atoms with Crippen LogP contribution in [0.1, 0.15) is 52.9 Å². The van der Waals surface area contributed by atoms with Crippen molar-refractivity contribution in [2.45, 2.75) is 58.5 Å². The van der Waals surface area contributed by atoms with E-state index in [4.69, 9.17) is 4.74 Å². The topological polar surface area (TPSA) is 69.2 Å². The van der Waals surface area contributed by atoms with Gasteiger partial charge in [-0.2, -0.15) is 0 Å². The van der Waals surface area contributed by atoms with E-state index >= 15 is 0 Å². The summed E-state index contributed by atoms with van der Waals surface area (Å²) in [5.41, 5.74) is -0.429. The molecule has 1 amide bonds. The number of rotatable bonds is 5. The van der Waals surface area contributed by atoms with Crippen molar-refractivity contribution >= 4 is 36.0 Å². The fourth-order valence-electron chi connectivity index (χ4n) is 3.62. The van der Waals surface area contributed by atoms with Crippen LogP contribution in [0.5, 0.6) is 0 Å². The first kappa shape index (κ1) is 25.3. The second-order valence-corrected chi connectivity index (χ2v) is 8.69. The molecule has 0 bridgehead atoms. The molecule has 2 aliphatic rings. The Kier molecular flexibility index (Phi) is 11.5. The van der Waals surface area contributed by atoms with Crippen molar-refractivity contribution < 1.29 is 9.53 Å². The molecule has 0 aromatic carbocycles. The lowest BCUT2D eigenvalue weighted by Crippen LogP contribution is -2.46. The molecule has 2 aliphatic heterocycles. The Hall–Kier alpha value is -0.770. The minimum absolute atomic E-state index is 0. The predicted octanol–water partition coefficient (Wildman–Crippen LogP) is 2.90. The lowest BCUT2D eigenvalue weighted by atomic mass is 9.97. The van der Waals surface area contributed by atoms with Crippen molar-refractivity contribution in [3.8, 4) is 0 Å². The van der Waals surface area contributed by atoms with Crippen molar-refractivity contribution in [2.75, 3.05) is 52.9 Å². The van der Waals surface area contributed by atoms with Gasteiger partial charge in [0.15, 0.2) is 5.96 Å². The fraction of sp³-hybridized carbons (Fsp3) is 0.900. The van der Waals surface area contributed by atoms with Crippen LogP contribution in [0.15, 0.2) is 4.99 Å². The van der Waals surface area contributed by atoms with E-state index in [9.17, 15) is 4.79 Å². The summed E-state index contributed by atoms with van der Waals surface area (Å²) < 4.78 is 5.46. The molecule has 0 radical (unpaired) electrons. The molecule has 2 N–H and O–H groups in total. The number of guanidine groups is 1. The molecule has 8 heteroatoms. The number of ether oxygens (including phenoxy) is 1. The van der Waals surface area contributed by atoms with Crippen LogP contribution >= 0.6 is 24.0 Å². The van der Waals surface area contributed by atoms with E-state index in [1.165, 1.54) is 32.4 Å². The van der Waals surface area contributed by atoms with Crippen LogP contribution < -0.4 is 10.6 Å². The predicted molar refractivity (Wildman–Crippen MR) is 126 cm³/mol. The number of aliphatic imine (C=N–C) groups is 1. The molecule has 0 saturated carbocycles. The second kappa shape index (κ2) is 12.7. The van der Waals surface area contributed by atoms with Crippen LogP contribution in [0.2, 0.25) is 0 Å². The highest BCUT2D eigenvalue weighted by atomic mass is 127. The maximum Gasteiger partial charge on any atom is 0.410 e. The van der Waals surface area contributed by atoms with Crippen LogP contribution in [-0.2, 0) is 4.74 Å². The number of halogens is 1. The molecule has 0 atom stereocenters. The van der Waals surface area contributed by atoms with Gasteiger partial charge in [-0.3, -0.25) is 4.99 Å². The molecule has 28 heavy (non-hydrogen) atoms. The highest BCUT2D eigenvalue weighted by molar-refractivity contribution is 14.0. The van der Waals surface area contributed by atoms with E-state index < -0.39 is 5.60 Å². The number of carbonyl (C=O) groups excluding carboxylic acids is 1. The third-order valence-corrected chi connectivity index (χ3v) is 5.22. The first-order valence-corrected chi connectivity index (χ1v) is 10.5.